The molecule has 2 aromatic rings. The smallest absolute Gasteiger partial charge is 0.285 e. The number of hydrogen-bond donors (Lipinski definition) is 1. The first kappa shape index (κ1) is 22.8. The molecule has 34 heavy (non-hydrogen) atoms. The molecular formula is C24H28FN5O3S. The van der Waals surface area contributed by atoms with Crippen molar-refractivity contribution in [2.75, 3.05) is 50.7 Å². The van der Waals surface area contributed by atoms with Crippen LogP contribution in [0.15, 0.2) is 57.8 Å². The Kier molecular flexibility index (Phi) is 6.26. The number of halogens is 1. The fourth-order valence-corrected chi connectivity index (χ4v) is 6.14. The number of carbonyl (C=O) groups excluding carboxylic acids is 1. The van der Waals surface area contributed by atoms with Gasteiger partial charge in [-0.1, -0.05) is 12.1 Å². The molecule has 0 aliphatic carbocycles. The summed E-state index contributed by atoms with van der Waals surface area (Å²) in [7, 11) is -3.71. The standard InChI is InChI=1S/C24H28FN5O3S/c25-18-7-9-19(10-8-18)29-16-14-28(15-17-29)13-11-26-24(31)21-5-3-12-30(21)23-20-4-1-2-6-22(20)34(32,33)27-23/h1-2,4,6-10,21H,3,5,11-17H2,(H,26,31)/t21-/m0/s1. The summed E-state index contributed by atoms with van der Waals surface area (Å²) in [6, 6.07) is 12.9. The predicted molar refractivity (Wildman–Crippen MR) is 128 cm³/mol. The van der Waals surface area contributed by atoms with E-state index in [4.69, 9.17) is 0 Å². The number of amides is 1. The molecule has 2 aromatic carbocycles. The lowest BCUT2D eigenvalue weighted by atomic mass is 10.1. The summed E-state index contributed by atoms with van der Waals surface area (Å²) in [6.07, 6.45) is 1.48. The van der Waals surface area contributed by atoms with Gasteiger partial charge in [-0.15, -0.1) is 4.40 Å². The Balaban J connectivity index is 1.13. The predicted octanol–water partition coefficient (Wildman–Crippen LogP) is 1.68. The molecule has 8 nitrogen and oxygen atoms in total. The minimum Gasteiger partial charge on any atom is -0.369 e. The number of piperazine rings is 1. The number of nitrogens with zero attached hydrogens (tertiary/aromatic N) is 4. The van der Waals surface area contributed by atoms with Gasteiger partial charge in [0.15, 0.2) is 5.84 Å². The first-order valence-corrected chi connectivity index (χ1v) is 13.1. The van der Waals surface area contributed by atoms with Crippen LogP contribution in [0.2, 0.25) is 0 Å². The van der Waals surface area contributed by atoms with E-state index < -0.39 is 16.1 Å². The highest BCUT2D eigenvalue weighted by Gasteiger charge is 2.39. The summed E-state index contributed by atoms with van der Waals surface area (Å²) in [5, 5.41) is 3.04. The average Bonchev–Trinajstić information content (AvgIpc) is 3.43. The fraction of sp³-hybridized carbons (Fsp3) is 0.417. The maximum Gasteiger partial charge on any atom is 0.285 e. The summed E-state index contributed by atoms with van der Waals surface area (Å²) in [6.45, 7) is 5.32. The molecule has 5 rings (SSSR count). The molecule has 180 valence electrons. The Bertz CT molecular complexity index is 1190. The number of rotatable bonds is 5. The summed E-state index contributed by atoms with van der Waals surface area (Å²) in [5.74, 6) is 0.0573. The molecule has 0 unspecified atom stereocenters. The summed E-state index contributed by atoms with van der Waals surface area (Å²) >= 11 is 0. The lowest BCUT2D eigenvalue weighted by Crippen LogP contribution is -2.50. The topological polar surface area (TPSA) is 85.3 Å². The van der Waals surface area contributed by atoms with E-state index in [9.17, 15) is 17.6 Å². The third kappa shape index (κ3) is 4.52. The molecule has 1 N–H and O–H groups in total. The monoisotopic (exact) mass is 485 g/mol. The van der Waals surface area contributed by atoms with E-state index >= 15 is 0 Å². The second kappa shape index (κ2) is 9.34. The van der Waals surface area contributed by atoms with Gasteiger partial charge in [0, 0.05) is 57.1 Å². The van der Waals surface area contributed by atoms with Crippen LogP contribution >= 0.6 is 0 Å². The van der Waals surface area contributed by atoms with E-state index in [1.807, 2.05) is 4.90 Å². The van der Waals surface area contributed by atoms with Crippen molar-refractivity contribution in [1.82, 2.24) is 15.1 Å². The lowest BCUT2D eigenvalue weighted by Gasteiger charge is -2.36. The van der Waals surface area contributed by atoms with Crippen molar-refractivity contribution in [2.24, 2.45) is 4.40 Å². The molecule has 2 fully saturated rings. The molecule has 0 radical (unpaired) electrons. The van der Waals surface area contributed by atoms with E-state index in [-0.39, 0.29) is 16.6 Å². The van der Waals surface area contributed by atoms with Crippen LogP contribution in [-0.4, -0.2) is 81.8 Å². The normalized spacial score (nSPS) is 21.9. The van der Waals surface area contributed by atoms with Crippen LogP contribution in [0.4, 0.5) is 10.1 Å². The Morgan fingerprint density at radius 2 is 1.76 bits per heavy atom. The molecule has 1 amide bonds. The Morgan fingerprint density at radius 3 is 2.53 bits per heavy atom. The van der Waals surface area contributed by atoms with Crippen molar-refractivity contribution in [3.05, 3.63) is 59.9 Å². The fourth-order valence-electron chi connectivity index (χ4n) is 4.93. The van der Waals surface area contributed by atoms with Gasteiger partial charge in [-0.05, 0) is 49.2 Å². The zero-order valence-corrected chi connectivity index (χ0v) is 19.7. The molecule has 3 aliphatic heterocycles. The molecule has 3 heterocycles. The molecule has 0 aromatic heterocycles. The minimum atomic E-state index is -3.71. The van der Waals surface area contributed by atoms with E-state index in [0.717, 1.165) is 44.8 Å². The molecular weight excluding hydrogens is 457 g/mol. The highest BCUT2D eigenvalue weighted by molar-refractivity contribution is 7.90. The first-order valence-electron chi connectivity index (χ1n) is 11.6. The summed E-state index contributed by atoms with van der Waals surface area (Å²) < 4.78 is 42.0. The third-order valence-electron chi connectivity index (χ3n) is 6.73. The van der Waals surface area contributed by atoms with Crippen molar-refractivity contribution in [2.45, 2.75) is 23.8 Å². The number of anilines is 1. The maximum absolute atomic E-state index is 13.1. The molecule has 0 saturated carbocycles. The van der Waals surface area contributed by atoms with Crippen LogP contribution in [-0.2, 0) is 14.8 Å². The third-order valence-corrected chi connectivity index (χ3v) is 8.06. The van der Waals surface area contributed by atoms with Crippen LogP contribution in [0.5, 0.6) is 0 Å². The van der Waals surface area contributed by atoms with Gasteiger partial charge in [0.05, 0.1) is 0 Å². The van der Waals surface area contributed by atoms with Gasteiger partial charge in [-0.3, -0.25) is 9.69 Å². The second-order valence-electron chi connectivity index (χ2n) is 8.83. The van der Waals surface area contributed by atoms with Gasteiger partial charge in [0.25, 0.3) is 10.0 Å². The van der Waals surface area contributed by atoms with Crippen molar-refractivity contribution in [3.8, 4) is 0 Å². The average molecular weight is 486 g/mol. The van der Waals surface area contributed by atoms with Crippen molar-refractivity contribution in [1.29, 1.82) is 0 Å². The van der Waals surface area contributed by atoms with Gasteiger partial charge >= 0.3 is 0 Å². The second-order valence-corrected chi connectivity index (χ2v) is 10.4. The van der Waals surface area contributed by atoms with E-state index in [0.29, 0.717) is 30.9 Å². The first-order chi connectivity index (χ1) is 16.4. The van der Waals surface area contributed by atoms with Gasteiger partial charge in [0.2, 0.25) is 5.91 Å². The van der Waals surface area contributed by atoms with Crippen molar-refractivity contribution >= 4 is 27.5 Å². The van der Waals surface area contributed by atoms with Crippen LogP contribution in [0.25, 0.3) is 0 Å². The number of fused-ring (bicyclic) bond motifs is 1. The minimum absolute atomic E-state index is 0.0908. The van der Waals surface area contributed by atoms with E-state index in [1.54, 1.807) is 36.4 Å². The number of amidine groups is 1. The zero-order valence-electron chi connectivity index (χ0n) is 18.9. The number of nitrogens with one attached hydrogen (secondary N) is 1. The highest BCUT2D eigenvalue weighted by atomic mass is 32.2. The number of carbonyl (C=O) groups is 1. The van der Waals surface area contributed by atoms with Crippen LogP contribution < -0.4 is 10.2 Å². The van der Waals surface area contributed by atoms with Crippen molar-refractivity contribution < 1.29 is 17.6 Å². The Hall–Kier alpha value is -2.98. The van der Waals surface area contributed by atoms with Gasteiger partial charge in [-0.25, -0.2) is 4.39 Å². The van der Waals surface area contributed by atoms with Crippen LogP contribution in [0, 0.1) is 5.82 Å². The van der Waals surface area contributed by atoms with Crippen LogP contribution in [0.3, 0.4) is 0 Å². The molecule has 0 bridgehead atoms. The number of benzene rings is 2. The molecule has 10 heteroatoms. The quantitative estimate of drug-likeness (QED) is 0.694. The Labute approximate surface area is 199 Å². The number of sulfonamides is 1. The SMILES string of the molecule is O=C(NCCN1CCN(c2ccc(F)cc2)CC1)[C@@H]1CCCN1C1=NS(=O)(=O)c2ccccc21. The van der Waals surface area contributed by atoms with E-state index in [2.05, 4.69) is 19.5 Å². The lowest BCUT2D eigenvalue weighted by molar-refractivity contribution is -0.124. The number of hydrogen-bond acceptors (Lipinski definition) is 6. The molecule has 0 spiro atoms. The van der Waals surface area contributed by atoms with Crippen LogP contribution in [0.1, 0.15) is 18.4 Å². The Morgan fingerprint density at radius 1 is 1.03 bits per heavy atom. The highest BCUT2D eigenvalue weighted by Crippen LogP contribution is 2.31. The molecule has 3 aliphatic rings. The largest absolute Gasteiger partial charge is 0.369 e. The zero-order chi connectivity index (χ0) is 23.7. The van der Waals surface area contributed by atoms with E-state index in [1.165, 1.54) is 12.1 Å². The maximum atomic E-state index is 13.1. The summed E-state index contributed by atoms with van der Waals surface area (Å²) in [4.78, 5) is 19.6. The van der Waals surface area contributed by atoms with Gasteiger partial charge < -0.3 is 15.1 Å². The summed E-state index contributed by atoms with van der Waals surface area (Å²) in [5.41, 5.74) is 1.59. The van der Waals surface area contributed by atoms with Crippen molar-refractivity contribution in [3.63, 3.8) is 0 Å². The van der Waals surface area contributed by atoms with Gasteiger partial charge in [0.1, 0.15) is 16.8 Å². The molecule has 2 saturated heterocycles. The molecule has 1 atom stereocenters. The number of likely N-dealkylation sites (tertiary alicyclic amines) is 1. The van der Waals surface area contributed by atoms with Gasteiger partial charge in [-0.2, -0.15) is 8.42 Å².